The SMILES string of the molecule is CC(=O)N1CC[C@@H]1C(=O)Nc1nc2ccc3cc(F)ccc3c2s1. The molecule has 5 nitrogen and oxygen atoms in total. The van der Waals surface area contributed by atoms with Gasteiger partial charge in [-0.3, -0.25) is 9.59 Å². The topological polar surface area (TPSA) is 62.3 Å². The van der Waals surface area contributed by atoms with Crippen LogP contribution >= 0.6 is 11.3 Å². The van der Waals surface area contributed by atoms with Gasteiger partial charge >= 0.3 is 0 Å². The monoisotopic (exact) mass is 343 g/mol. The van der Waals surface area contributed by atoms with Crippen LogP contribution in [0, 0.1) is 5.82 Å². The van der Waals surface area contributed by atoms with Crippen LogP contribution in [0.15, 0.2) is 30.3 Å². The summed E-state index contributed by atoms with van der Waals surface area (Å²) < 4.78 is 14.3. The van der Waals surface area contributed by atoms with Crippen molar-refractivity contribution in [2.75, 3.05) is 11.9 Å². The molecule has 122 valence electrons. The number of anilines is 1. The predicted molar refractivity (Wildman–Crippen MR) is 91.5 cm³/mol. The van der Waals surface area contributed by atoms with Crippen molar-refractivity contribution >= 4 is 49.3 Å². The van der Waals surface area contributed by atoms with Crippen LogP contribution in [0.2, 0.25) is 0 Å². The fourth-order valence-electron chi connectivity index (χ4n) is 2.96. The summed E-state index contributed by atoms with van der Waals surface area (Å²) in [5.74, 6) is -0.598. The number of thiazole rings is 1. The second kappa shape index (κ2) is 5.52. The van der Waals surface area contributed by atoms with Gasteiger partial charge in [-0.15, -0.1) is 0 Å². The molecule has 7 heteroatoms. The molecule has 1 fully saturated rings. The van der Waals surface area contributed by atoms with E-state index in [4.69, 9.17) is 0 Å². The number of hydrogen-bond donors (Lipinski definition) is 1. The van der Waals surface area contributed by atoms with Gasteiger partial charge in [0.15, 0.2) is 5.13 Å². The molecule has 0 aliphatic carbocycles. The molecule has 0 bridgehead atoms. The molecule has 1 atom stereocenters. The van der Waals surface area contributed by atoms with Crippen LogP contribution < -0.4 is 5.32 Å². The summed E-state index contributed by atoms with van der Waals surface area (Å²) in [5.41, 5.74) is 0.756. The average molecular weight is 343 g/mol. The summed E-state index contributed by atoms with van der Waals surface area (Å²) in [6, 6.07) is 7.83. The number of likely N-dealkylation sites (tertiary alicyclic amines) is 1. The molecule has 4 rings (SSSR count). The number of hydrogen-bond acceptors (Lipinski definition) is 4. The minimum absolute atomic E-state index is 0.0984. The number of halogens is 1. The number of carbonyl (C=O) groups is 2. The smallest absolute Gasteiger partial charge is 0.249 e. The third kappa shape index (κ3) is 2.41. The van der Waals surface area contributed by atoms with Crippen molar-refractivity contribution in [1.29, 1.82) is 0 Å². The first-order chi connectivity index (χ1) is 11.5. The number of fused-ring (bicyclic) bond motifs is 3. The van der Waals surface area contributed by atoms with Gasteiger partial charge < -0.3 is 10.2 Å². The van der Waals surface area contributed by atoms with Crippen molar-refractivity contribution in [3.05, 3.63) is 36.1 Å². The van der Waals surface area contributed by atoms with Gasteiger partial charge in [0, 0.05) is 18.9 Å². The van der Waals surface area contributed by atoms with E-state index in [9.17, 15) is 14.0 Å². The Kier molecular flexibility index (Phi) is 3.45. The van der Waals surface area contributed by atoms with Gasteiger partial charge in [0.1, 0.15) is 11.9 Å². The van der Waals surface area contributed by atoms with Gasteiger partial charge in [-0.1, -0.05) is 17.4 Å². The predicted octanol–water partition coefficient (Wildman–Crippen LogP) is 3.15. The third-order valence-corrected chi connectivity index (χ3v) is 5.31. The Hall–Kier alpha value is -2.54. The zero-order chi connectivity index (χ0) is 16.8. The van der Waals surface area contributed by atoms with E-state index in [1.54, 1.807) is 11.0 Å². The largest absolute Gasteiger partial charge is 0.331 e. The maximum atomic E-state index is 13.3. The zero-order valence-electron chi connectivity index (χ0n) is 12.9. The van der Waals surface area contributed by atoms with Crippen molar-refractivity contribution in [3.8, 4) is 0 Å². The fourth-order valence-corrected chi connectivity index (χ4v) is 3.97. The molecule has 2 heterocycles. The number of amides is 2. The first-order valence-electron chi connectivity index (χ1n) is 7.60. The maximum absolute atomic E-state index is 13.3. The highest BCUT2D eigenvalue weighted by Gasteiger charge is 2.36. The number of nitrogens with zero attached hydrogens (tertiary/aromatic N) is 2. The van der Waals surface area contributed by atoms with Crippen LogP contribution in [0.25, 0.3) is 21.0 Å². The molecule has 1 aromatic heterocycles. The quantitative estimate of drug-likeness (QED) is 0.777. The van der Waals surface area contributed by atoms with E-state index in [1.165, 1.54) is 30.4 Å². The van der Waals surface area contributed by atoms with Crippen molar-refractivity contribution in [3.63, 3.8) is 0 Å². The van der Waals surface area contributed by atoms with E-state index in [2.05, 4.69) is 10.3 Å². The van der Waals surface area contributed by atoms with Crippen LogP contribution in [-0.4, -0.2) is 34.3 Å². The van der Waals surface area contributed by atoms with Gasteiger partial charge in [0.2, 0.25) is 11.8 Å². The van der Waals surface area contributed by atoms with Gasteiger partial charge in [0.25, 0.3) is 0 Å². The van der Waals surface area contributed by atoms with E-state index in [-0.39, 0.29) is 17.6 Å². The van der Waals surface area contributed by atoms with Crippen molar-refractivity contribution in [2.45, 2.75) is 19.4 Å². The summed E-state index contributed by atoms with van der Waals surface area (Å²) in [5, 5.41) is 4.98. The first-order valence-corrected chi connectivity index (χ1v) is 8.41. The lowest BCUT2D eigenvalue weighted by molar-refractivity contribution is -0.143. The molecule has 0 saturated carbocycles. The average Bonchev–Trinajstić information content (AvgIpc) is 2.87. The van der Waals surface area contributed by atoms with E-state index in [0.717, 1.165) is 21.0 Å². The first kappa shape index (κ1) is 15.0. The Morgan fingerprint density at radius 2 is 2.17 bits per heavy atom. The molecular weight excluding hydrogens is 329 g/mol. The Balaban J connectivity index is 1.64. The zero-order valence-corrected chi connectivity index (χ0v) is 13.7. The summed E-state index contributed by atoms with van der Waals surface area (Å²) in [6.45, 7) is 2.08. The van der Waals surface area contributed by atoms with Gasteiger partial charge in [-0.05, 0) is 36.1 Å². The van der Waals surface area contributed by atoms with Gasteiger partial charge in [-0.2, -0.15) is 0 Å². The number of nitrogens with one attached hydrogen (secondary N) is 1. The van der Waals surface area contributed by atoms with Crippen LogP contribution in [0.3, 0.4) is 0 Å². The van der Waals surface area contributed by atoms with E-state index in [1.807, 2.05) is 12.1 Å². The lowest BCUT2D eigenvalue weighted by Gasteiger charge is -2.38. The lowest BCUT2D eigenvalue weighted by Crippen LogP contribution is -2.56. The molecule has 0 unspecified atom stereocenters. The molecule has 1 aliphatic rings. The molecule has 2 amide bonds. The Bertz CT molecular complexity index is 985. The van der Waals surface area contributed by atoms with Gasteiger partial charge in [0.05, 0.1) is 10.2 Å². The molecule has 0 spiro atoms. The molecule has 2 aromatic carbocycles. The summed E-state index contributed by atoms with van der Waals surface area (Å²) >= 11 is 1.35. The highest BCUT2D eigenvalue weighted by molar-refractivity contribution is 7.23. The summed E-state index contributed by atoms with van der Waals surface area (Å²) in [6.07, 6.45) is 0.665. The van der Waals surface area contributed by atoms with Crippen LogP contribution in [-0.2, 0) is 9.59 Å². The molecule has 1 aliphatic heterocycles. The summed E-state index contributed by atoms with van der Waals surface area (Å²) in [4.78, 5) is 29.7. The standard InChI is InChI=1S/C17H14FN3O2S/c1-9(22)21-7-6-14(21)16(23)20-17-19-13-5-2-10-8-11(18)3-4-12(10)15(13)24-17/h2-5,8,14H,6-7H2,1H3,(H,19,20,23)/t14-/m1/s1. The molecule has 1 N–H and O–H groups in total. The van der Waals surface area contributed by atoms with Crippen LogP contribution in [0.4, 0.5) is 9.52 Å². The number of aromatic nitrogens is 1. The van der Waals surface area contributed by atoms with Crippen molar-refractivity contribution < 1.29 is 14.0 Å². The summed E-state index contributed by atoms with van der Waals surface area (Å²) in [7, 11) is 0. The number of rotatable bonds is 2. The highest BCUT2D eigenvalue weighted by Crippen LogP contribution is 2.33. The van der Waals surface area contributed by atoms with Gasteiger partial charge in [-0.25, -0.2) is 9.37 Å². The van der Waals surface area contributed by atoms with E-state index < -0.39 is 6.04 Å². The lowest BCUT2D eigenvalue weighted by atomic mass is 10.0. The maximum Gasteiger partial charge on any atom is 0.249 e. The minimum atomic E-state index is -0.416. The van der Waals surface area contributed by atoms with Crippen LogP contribution in [0.5, 0.6) is 0 Å². The molecule has 3 aromatic rings. The number of benzene rings is 2. The van der Waals surface area contributed by atoms with Crippen molar-refractivity contribution in [1.82, 2.24) is 9.88 Å². The second-order valence-electron chi connectivity index (χ2n) is 5.80. The van der Waals surface area contributed by atoms with E-state index in [0.29, 0.717) is 18.1 Å². The molecule has 24 heavy (non-hydrogen) atoms. The van der Waals surface area contributed by atoms with Crippen LogP contribution in [0.1, 0.15) is 13.3 Å². The minimum Gasteiger partial charge on any atom is -0.331 e. The molecule has 0 radical (unpaired) electrons. The highest BCUT2D eigenvalue weighted by atomic mass is 32.1. The molecular formula is C17H14FN3O2S. The van der Waals surface area contributed by atoms with Crippen molar-refractivity contribution in [2.24, 2.45) is 0 Å². The Labute approximate surface area is 141 Å². The third-order valence-electron chi connectivity index (χ3n) is 4.29. The Morgan fingerprint density at radius 3 is 2.88 bits per heavy atom. The normalized spacial score (nSPS) is 17.1. The fraction of sp³-hybridized carbons (Fsp3) is 0.235. The number of carbonyl (C=O) groups excluding carboxylic acids is 2. The van der Waals surface area contributed by atoms with E-state index >= 15 is 0 Å². The molecule has 1 saturated heterocycles. The second-order valence-corrected chi connectivity index (χ2v) is 6.80. The Morgan fingerprint density at radius 1 is 1.33 bits per heavy atom.